The van der Waals surface area contributed by atoms with Crippen LogP contribution in [-0.2, 0) is 0 Å². The van der Waals surface area contributed by atoms with E-state index in [9.17, 15) is 0 Å². The third-order valence-corrected chi connectivity index (χ3v) is 3.16. The van der Waals surface area contributed by atoms with Crippen LogP contribution < -0.4 is 10.6 Å². The second kappa shape index (κ2) is 3.41. The van der Waals surface area contributed by atoms with Crippen LogP contribution in [0.25, 0.3) is 0 Å². The molecule has 1 aliphatic heterocycles. The van der Waals surface area contributed by atoms with Gasteiger partial charge in [-0.3, -0.25) is 0 Å². The Morgan fingerprint density at radius 2 is 2.67 bits per heavy atom. The first-order valence-electron chi connectivity index (χ1n) is 4.26. The predicted octanol–water partition coefficient (Wildman–Crippen LogP) is 0.928. The van der Waals surface area contributed by atoms with Crippen molar-refractivity contribution in [1.82, 2.24) is 4.37 Å². The van der Waals surface area contributed by atoms with Crippen LogP contribution in [0, 0.1) is 5.92 Å². The third kappa shape index (κ3) is 1.44. The molecule has 66 valence electrons. The van der Waals surface area contributed by atoms with Crippen LogP contribution in [0.2, 0.25) is 0 Å². The lowest BCUT2D eigenvalue weighted by molar-refractivity contribution is 0.603. The fraction of sp³-hybridized carbons (Fsp3) is 0.625. The van der Waals surface area contributed by atoms with E-state index < -0.39 is 0 Å². The van der Waals surface area contributed by atoms with Gasteiger partial charge in [0.05, 0.1) is 0 Å². The van der Waals surface area contributed by atoms with Crippen molar-refractivity contribution in [2.24, 2.45) is 11.7 Å². The van der Waals surface area contributed by atoms with E-state index in [2.05, 4.69) is 15.3 Å². The summed E-state index contributed by atoms with van der Waals surface area (Å²) in [6.45, 7) is 3.07. The summed E-state index contributed by atoms with van der Waals surface area (Å²) in [7, 11) is 0. The first-order chi connectivity index (χ1) is 5.90. The highest BCUT2D eigenvalue weighted by Gasteiger charge is 2.21. The van der Waals surface area contributed by atoms with Gasteiger partial charge in [-0.25, -0.2) is 0 Å². The topological polar surface area (TPSA) is 42.1 Å². The Balaban J connectivity index is 2.00. The molecule has 3 nitrogen and oxygen atoms in total. The van der Waals surface area contributed by atoms with Gasteiger partial charge in [0.2, 0.25) is 0 Å². The van der Waals surface area contributed by atoms with Crippen LogP contribution in [0.4, 0.5) is 5.00 Å². The van der Waals surface area contributed by atoms with E-state index in [1.54, 1.807) is 11.5 Å². The van der Waals surface area contributed by atoms with Crippen molar-refractivity contribution >= 4 is 16.5 Å². The summed E-state index contributed by atoms with van der Waals surface area (Å²) >= 11 is 1.57. The van der Waals surface area contributed by atoms with E-state index in [-0.39, 0.29) is 0 Å². The highest BCUT2D eigenvalue weighted by Crippen LogP contribution is 2.25. The summed E-state index contributed by atoms with van der Waals surface area (Å²) in [6.07, 6.45) is 3.09. The molecule has 0 radical (unpaired) electrons. The number of nitrogens with zero attached hydrogens (tertiary/aromatic N) is 2. The van der Waals surface area contributed by atoms with Gasteiger partial charge in [0, 0.05) is 19.3 Å². The molecule has 0 aromatic carbocycles. The summed E-state index contributed by atoms with van der Waals surface area (Å²) in [5.74, 6) is 0.687. The molecule has 0 saturated carbocycles. The quantitative estimate of drug-likeness (QED) is 0.741. The van der Waals surface area contributed by atoms with E-state index in [4.69, 9.17) is 5.73 Å². The van der Waals surface area contributed by atoms with Gasteiger partial charge in [-0.15, -0.1) is 0 Å². The van der Waals surface area contributed by atoms with Crippen molar-refractivity contribution in [3.8, 4) is 0 Å². The minimum atomic E-state index is 0.687. The van der Waals surface area contributed by atoms with E-state index in [0.29, 0.717) is 5.92 Å². The molecule has 1 fully saturated rings. The molecule has 1 saturated heterocycles. The fourth-order valence-electron chi connectivity index (χ4n) is 1.60. The van der Waals surface area contributed by atoms with Gasteiger partial charge < -0.3 is 10.6 Å². The lowest BCUT2D eigenvalue weighted by Gasteiger charge is -2.14. The summed E-state index contributed by atoms with van der Waals surface area (Å²) < 4.78 is 4.09. The van der Waals surface area contributed by atoms with Crippen molar-refractivity contribution in [3.63, 3.8) is 0 Å². The van der Waals surface area contributed by atoms with Crippen molar-refractivity contribution < 1.29 is 0 Å². The number of aromatic nitrogens is 1. The zero-order chi connectivity index (χ0) is 8.39. The summed E-state index contributed by atoms with van der Waals surface area (Å²) in [4.78, 5) is 2.37. The molecule has 2 N–H and O–H groups in total. The third-order valence-electron chi connectivity index (χ3n) is 2.36. The average Bonchev–Trinajstić information content (AvgIpc) is 2.75. The van der Waals surface area contributed by atoms with Crippen LogP contribution in [0.1, 0.15) is 6.42 Å². The van der Waals surface area contributed by atoms with Gasteiger partial charge in [0.25, 0.3) is 0 Å². The van der Waals surface area contributed by atoms with Crippen molar-refractivity contribution in [1.29, 1.82) is 0 Å². The fourth-order valence-corrected chi connectivity index (χ4v) is 2.23. The number of nitrogens with two attached hydrogens (primary N) is 1. The Morgan fingerprint density at radius 3 is 3.25 bits per heavy atom. The van der Waals surface area contributed by atoms with Crippen molar-refractivity contribution in [2.45, 2.75) is 6.42 Å². The predicted molar refractivity (Wildman–Crippen MR) is 51.5 cm³/mol. The molecule has 1 unspecified atom stereocenters. The molecule has 12 heavy (non-hydrogen) atoms. The number of anilines is 1. The lowest BCUT2D eigenvalue weighted by Crippen LogP contribution is -2.21. The Bertz CT molecular complexity index is 234. The average molecular weight is 183 g/mol. The second-order valence-corrected chi connectivity index (χ2v) is 4.00. The maximum atomic E-state index is 5.61. The monoisotopic (exact) mass is 183 g/mol. The van der Waals surface area contributed by atoms with Crippen LogP contribution in [0.15, 0.2) is 12.3 Å². The summed E-state index contributed by atoms with van der Waals surface area (Å²) in [5.41, 5.74) is 5.61. The minimum absolute atomic E-state index is 0.687. The molecule has 4 heteroatoms. The van der Waals surface area contributed by atoms with E-state index in [1.807, 2.05) is 6.20 Å². The van der Waals surface area contributed by atoms with E-state index >= 15 is 0 Å². The zero-order valence-corrected chi connectivity index (χ0v) is 7.76. The van der Waals surface area contributed by atoms with Crippen LogP contribution in [0.5, 0.6) is 0 Å². The molecular formula is C8H13N3S. The van der Waals surface area contributed by atoms with Crippen molar-refractivity contribution in [2.75, 3.05) is 24.5 Å². The Morgan fingerprint density at radius 1 is 1.75 bits per heavy atom. The number of hydrogen-bond donors (Lipinski definition) is 1. The molecular weight excluding hydrogens is 170 g/mol. The SMILES string of the molecule is NCC1CCN(c2ccns2)C1. The molecule has 0 spiro atoms. The maximum Gasteiger partial charge on any atom is 0.111 e. The van der Waals surface area contributed by atoms with Gasteiger partial charge in [0.15, 0.2) is 0 Å². The number of rotatable bonds is 2. The Hall–Kier alpha value is -0.610. The highest BCUT2D eigenvalue weighted by atomic mass is 32.1. The second-order valence-electron chi connectivity index (χ2n) is 3.19. The minimum Gasteiger partial charge on any atom is -0.362 e. The first-order valence-corrected chi connectivity index (χ1v) is 5.03. The maximum absolute atomic E-state index is 5.61. The molecule has 1 aromatic heterocycles. The molecule has 1 atom stereocenters. The molecule has 2 rings (SSSR count). The highest BCUT2D eigenvalue weighted by molar-refractivity contribution is 7.10. The van der Waals surface area contributed by atoms with E-state index in [0.717, 1.165) is 19.6 Å². The summed E-state index contributed by atoms with van der Waals surface area (Å²) in [5, 5.41) is 1.28. The standard InChI is InChI=1S/C8H13N3S/c9-5-7-2-4-11(6-7)8-1-3-10-12-8/h1,3,7H,2,4-6,9H2. The number of hydrogen-bond acceptors (Lipinski definition) is 4. The van der Waals surface area contributed by atoms with Gasteiger partial charge in [0.1, 0.15) is 5.00 Å². The molecule has 0 bridgehead atoms. The normalized spacial score (nSPS) is 23.4. The molecule has 0 amide bonds. The zero-order valence-electron chi connectivity index (χ0n) is 6.94. The summed E-state index contributed by atoms with van der Waals surface area (Å²) in [6, 6.07) is 2.07. The van der Waals surface area contributed by atoms with E-state index in [1.165, 1.54) is 11.4 Å². The van der Waals surface area contributed by atoms with Crippen LogP contribution in [0.3, 0.4) is 0 Å². The Kier molecular flexibility index (Phi) is 2.28. The molecule has 2 heterocycles. The van der Waals surface area contributed by atoms with Gasteiger partial charge in [-0.05, 0) is 36.5 Å². The molecule has 0 aliphatic carbocycles. The lowest BCUT2D eigenvalue weighted by atomic mass is 10.1. The van der Waals surface area contributed by atoms with Gasteiger partial charge in [-0.1, -0.05) is 0 Å². The van der Waals surface area contributed by atoms with Crippen LogP contribution in [-0.4, -0.2) is 24.0 Å². The Labute approximate surface area is 76.4 Å². The first kappa shape index (κ1) is 8.01. The smallest absolute Gasteiger partial charge is 0.111 e. The van der Waals surface area contributed by atoms with Crippen molar-refractivity contribution in [3.05, 3.63) is 12.3 Å². The molecule has 1 aliphatic rings. The molecule has 1 aromatic rings. The van der Waals surface area contributed by atoms with Crippen LogP contribution >= 0.6 is 11.5 Å². The van der Waals surface area contributed by atoms with Gasteiger partial charge in [-0.2, -0.15) is 4.37 Å². The largest absolute Gasteiger partial charge is 0.362 e. The van der Waals surface area contributed by atoms with Gasteiger partial charge >= 0.3 is 0 Å².